The second kappa shape index (κ2) is 11.9. The molecule has 1 saturated heterocycles. The molecule has 0 aliphatic carbocycles. The van der Waals surface area contributed by atoms with Gasteiger partial charge in [0.25, 0.3) is 5.91 Å². The Balaban J connectivity index is 3.77. The van der Waals surface area contributed by atoms with Gasteiger partial charge in [0, 0.05) is 0 Å². The highest BCUT2D eigenvalue weighted by atomic mass is 28.4. The molecular formula is C30H67NO5Si4. The lowest BCUT2D eigenvalue weighted by Gasteiger charge is -2.52. The Kier molecular flexibility index (Phi) is 11.4. The summed E-state index contributed by atoms with van der Waals surface area (Å²) in [6, 6.07) is -0.315. The first-order valence-electron chi connectivity index (χ1n) is 15.3. The number of rotatable bonds is 9. The minimum Gasteiger partial charge on any atom is -0.415 e. The van der Waals surface area contributed by atoms with E-state index in [9.17, 15) is 4.79 Å². The zero-order chi connectivity index (χ0) is 32.1. The van der Waals surface area contributed by atoms with Gasteiger partial charge in [0.05, 0.1) is 18.8 Å². The summed E-state index contributed by atoms with van der Waals surface area (Å²) in [4.78, 5) is 14.0. The van der Waals surface area contributed by atoms with E-state index < -0.39 is 45.5 Å². The number of amides is 1. The van der Waals surface area contributed by atoms with Crippen LogP contribution in [0, 0.1) is 0 Å². The van der Waals surface area contributed by atoms with Crippen LogP contribution < -0.4 is 5.32 Å². The minimum absolute atomic E-state index is 0.00337. The number of nitrogens with one attached hydrogen (secondary N) is 1. The average Bonchev–Trinajstić information content (AvgIpc) is 2.67. The molecule has 0 saturated carbocycles. The average molecular weight is 634 g/mol. The van der Waals surface area contributed by atoms with Crippen molar-refractivity contribution in [3.05, 3.63) is 0 Å². The van der Waals surface area contributed by atoms with Gasteiger partial charge >= 0.3 is 0 Å². The van der Waals surface area contributed by atoms with Gasteiger partial charge in [-0.1, -0.05) is 83.1 Å². The highest BCUT2D eigenvalue weighted by molar-refractivity contribution is 6.75. The zero-order valence-corrected chi connectivity index (χ0v) is 34.1. The highest BCUT2D eigenvalue weighted by Gasteiger charge is 2.56. The van der Waals surface area contributed by atoms with Crippen molar-refractivity contribution in [2.75, 3.05) is 6.61 Å². The third kappa shape index (κ3) is 8.86. The summed E-state index contributed by atoms with van der Waals surface area (Å²) in [5, 5.41) is 3.31. The molecule has 10 heteroatoms. The van der Waals surface area contributed by atoms with Crippen molar-refractivity contribution >= 4 is 39.2 Å². The Bertz CT molecular complexity index is 876. The van der Waals surface area contributed by atoms with E-state index in [0.717, 1.165) is 0 Å². The SMILES string of the molecule is CC(C)(C)[Si](C)(C)OC[C@@H]1NC(=O)[C@H](O[Si](C)(C)C(C)(C)C)[C@@H](O[Si](C)(C)C(C)(C)C)[C@H]1O[Si](C)(C)C(C)(C)C. The van der Waals surface area contributed by atoms with Crippen LogP contribution in [0.2, 0.25) is 72.5 Å². The maximum atomic E-state index is 14.0. The van der Waals surface area contributed by atoms with Gasteiger partial charge in [-0.2, -0.15) is 0 Å². The molecule has 0 aromatic heterocycles. The van der Waals surface area contributed by atoms with E-state index in [-0.39, 0.29) is 38.2 Å². The Morgan fingerprint density at radius 1 is 0.550 bits per heavy atom. The van der Waals surface area contributed by atoms with Gasteiger partial charge in [-0.25, -0.2) is 0 Å². The van der Waals surface area contributed by atoms with E-state index in [4.69, 9.17) is 17.7 Å². The molecule has 1 N–H and O–H groups in total. The van der Waals surface area contributed by atoms with Gasteiger partial charge in [0.15, 0.2) is 39.4 Å². The maximum absolute atomic E-state index is 14.0. The summed E-state index contributed by atoms with van der Waals surface area (Å²) < 4.78 is 28.1. The molecule has 0 bridgehead atoms. The normalized spacial score (nSPS) is 24.8. The van der Waals surface area contributed by atoms with E-state index >= 15 is 0 Å². The van der Waals surface area contributed by atoms with Crippen LogP contribution >= 0.6 is 0 Å². The smallest absolute Gasteiger partial charge is 0.251 e. The molecule has 1 amide bonds. The number of hydrogen-bond acceptors (Lipinski definition) is 5. The van der Waals surface area contributed by atoms with Gasteiger partial charge < -0.3 is 23.0 Å². The number of carbonyl (C=O) groups excluding carboxylic acids is 1. The van der Waals surface area contributed by atoms with Crippen molar-refractivity contribution in [2.45, 2.75) is 180 Å². The second-order valence-electron chi connectivity index (χ2n) is 18.2. The largest absolute Gasteiger partial charge is 0.415 e. The molecule has 4 atom stereocenters. The monoisotopic (exact) mass is 633 g/mol. The van der Waals surface area contributed by atoms with Crippen LogP contribution in [-0.4, -0.2) is 70.1 Å². The Morgan fingerprint density at radius 3 is 1.23 bits per heavy atom. The van der Waals surface area contributed by atoms with E-state index in [0.29, 0.717) is 6.61 Å². The molecule has 1 aliphatic rings. The van der Waals surface area contributed by atoms with Crippen molar-refractivity contribution < 1.29 is 22.5 Å². The van der Waals surface area contributed by atoms with E-state index in [1.807, 2.05) is 0 Å². The summed E-state index contributed by atoms with van der Waals surface area (Å²) in [7, 11) is -8.95. The van der Waals surface area contributed by atoms with Crippen LogP contribution in [0.5, 0.6) is 0 Å². The Hall–Kier alpha value is 0.178. The maximum Gasteiger partial charge on any atom is 0.251 e. The van der Waals surface area contributed by atoms with Crippen LogP contribution in [0.3, 0.4) is 0 Å². The second-order valence-corrected chi connectivity index (χ2v) is 37.2. The summed E-state index contributed by atoms with van der Waals surface area (Å²) in [5.41, 5.74) is 0. The topological polar surface area (TPSA) is 66.0 Å². The predicted molar refractivity (Wildman–Crippen MR) is 181 cm³/mol. The van der Waals surface area contributed by atoms with Crippen LogP contribution in [0.1, 0.15) is 83.1 Å². The van der Waals surface area contributed by atoms with Gasteiger partial charge in [0.2, 0.25) is 0 Å². The summed E-state index contributed by atoms with van der Waals surface area (Å²) in [5.74, 6) is -0.104. The molecule has 0 aromatic carbocycles. The molecule has 1 rings (SSSR count). The summed E-state index contributed by atoms with van der Waals surface area (Å²) in [6.45, 7) is 45.3. The van der Waals surface area contributed by atoms with Crippen molar-refractivity contribution in [3.63, 3.8) is 0 Å². The van der Waals surface area contributed by atoms with Crippen molar-refractivity contribution in [3.8, 4) is 0 Å². The molecule has 1 heterocycles. The molecule has 0 aromatic rings. The van der Waals surface area contributed by atoms with Gasteiger partial charge in [0.1, 0.15) is 6.10 Å². The van der Waals surface area contributed by atoms with E-state index in [1.54, 1.807) is 0 Å². The lowest BCUT2D eigenvalue weighted by Crippen LogP contribution is -2.71. The molecule has 0 spiro atoms. The Morgan fingerprint density at radius 2 is 0.875 bits per heavy atom. The van der Waals surface area contributed by atoms with Gasteiger partial charge in [-0.05, 0) is 72.5 Å². The number of hydrogen-bond donors (Lipinski definition) is 1. The molecule has 6 nitrogen and oxygen atoms in total. The zero-order valence-electron chi connectivity index (χ0n) is 30.1. The standard InChI is InChI=1S/C30H67NO5Si4/c1-27(2,3)37(13,14)33-21-22-23(34-38(15,16)28(4,5)6)24(35-39(17,18)29(7,8)9)25(26(32)31-22)36-40(19,20)30(10,11)12/h22-25H,21H2,1-20H3,(H,31,32)/t22-,23-,24-,25+/m0/s1. The van der Waals surface area contributed by atoms with Crippen molar-refractivity contribution in [1.82, 2.24) is 5.32 Å². The lowest BCUT2D eigenvalue weighted by atomic mass is 9.96. The van der Waals surface area contributed by atoms with Crippen LogP contribution in [0.4, 0.5) is 0 Å². The first kappa shape index (κ1) is 38.2. The molecular weight excluding hydrogens is 567 g/mol. The predicted octanol–water partition coefficient (Wildman–Crippen LogP) is 8.68. The first-order chi connectivity index (χ1) is 17.3. The highest BCUT2D eigenvalue weighted by Crippen LogP contribution is 2.45. The van der Waals surface area contributed by atoms with Gasteiger partial charge in [-0.3, -0.25) is 4.79 Å². The van der Waals surface area contributed by atoms with Crippen LogP contribution in [0.15, 0.2) is 0 Å². The molecule has 40 heavy (non-hydrogen) atoms. The molecule has 0 radical (unpaired) electrons. The van der Waals surface area contributed by atoms with Crippen molar-refractivity contribution in [2.24, 2.45) is 0 Å². The summed E-state index contributed by atoms with van der Waals surface area (Å²) in [6.07, 6.45) is -1.60. The van der Waals surface area contributed by atoms with E-state index in [1.165, 1.54) is 0 Å². The third-order valence-electron chi connectivity index (χ3n) is 10.7. The molecule has 0 unspecified atom stereocenters. The summed E-state index contributed by atoms with van der Waals surface area (Å²) >= 11 is 0. The first-order valence-corrected chi connectivity index (χ1v) is 26.9. The molecule has 238 valence electrons. The van der Waals surface area contributed by atoms with Crippen LogP contribution in [0.25, 0.3) is 0 Å². The molecule has 1 fully saturated rings. The van der Waals surface area contributed by atoms with Gasteiger partial charge in [-0.15, -0.1) is 0 Å². The number of carbonyl (C=O) groups is 1. The third-order valence-corrected chi connectivity index (χ3v) is 28.6. The fraction of sp³-hybridized carbons (Fsp3) is 0.967. The fourth-order valence-electron chi connectivity index (χ4n) is 3.48. The quantitative estimate of drug-likeness (QED) is 0.257. The van der Waals surface area contributed by atoms with E-state index in [2.05, 4.69) is 141 Å². The fourth-order valence-corrected chi connectivity index (χ4v) is 8.36. The Labute approximate surface area is 252 Å². The molecule has 1 aliphatic heterocycles. The van der Waals surface area contributed by atoms with Crippen molar-refractivity contribution in [1.29, 1.82) is 0 Å². The minimum atomic E-state index is -2.31. The lowest BCUT2D eigenvalue weighted by molar-refractivity contribution is -0.149. The van der Waals surface area contributed by atoms with Crippen LogP contribution in [-0.2, 0) is 22.5 Å². The number of piperidine rings is 1.